The third kappa shape index (κ3) is 2.90. The smallest absolute Gasteiger partial charge is 0.157 e. The van der Waals surface area contributed by atoms with E-state index in [1.807, 2.05) is 11.8 Å². The van der Waals surface area contributed by atoms with Crippen LogP contribution in [0.3, 0.4) is 0 Å². The Morgan fingerprint density at radius 1 is 1.53 bits per heavy atom. The minimum absolute atomic E-state index is 0.533. The molecule has 0 saturated heterocycles. The summed E-state index contributed by atoms with van der Waals surface area (Å²) in [6.07, 6.45) is 5.13. The second-order valence-corrected chi connectivity index (χ2v) is 6.56. The van der Waals surface area contributed by atoms with Crippen LogP contribution >= 0.6 is 11.8 Å². The van der Waals surface area contributed by atoms with Crippen LogP contribution in [-0.4, -0.2) is 23.0 Å². The van der Waals surface area contributed by atoms with Crippen LogP contribution in [0.2, 0.25) is 0 Å². The fraction of sp³-hybridized carbons (Fsp3) is 0.917. The van der Waals surface area contributed by atoms with Gasteiger partial charge in [-0.25, -0.2) is 0 Å². The molecule has 1 aliphatic heterocycles. The van der Waals surface area contributed by atoms with E-state index in [2.05, 4.69) is 31.1 Å². The fourth-order valence-corrected chi connectivity index (χ4v) is 3.57. The molecule has 1 aliphatic carbocycles. The number of amidine groups is 1. The van der Waals surface area contributed by atoms with Gasteiger partial charge in [0.15, 0.2) is 5.17 Å². The number of aliphatic imine (C=N–C) groups is 1. The van der Waals surface area contributed by atoms with Crippen molar-refractivity contribution in [2.45, 2.75) is 58.5 Å². The molecule has 1 heterocycles. The van der Waals surface area contributed by atoms with Crippen molar-refractivity contribution >= 4 is 16.9 Å². The first-order valence-electron chi connectivity index (χ1n) is 6.06. The maximum atomic E-state index is 4.69. The molecular weight excluding hydrogens is 204 g/mol. The average molecular weight is 226 g/mol. The van der Waals surface area contributed by atoms with Gasteiger partial charge in [-0.05, 0) is 31.1 Å². The summed E-state index contributed by atoms with van der Waals surface area (Å²) in [5.41, 5.74) is 0.533. The summed E-state index contributed by atoms with van der Waals surface area (Å²) in [4.78, 5) is 4.69. The lowest BCUT2D eigenvalue weighted by atomic mass is 9.92. The van der Waals surface area contributed by atoms with E-state index in [-0.39, 0.29) is 0 Å². The van der Waals surface area contributed by atoms with E-state index in [1.54, 1.807) is 0 Å². The van der Waals surface area contributed by atoms with E-state index < -0.39 is 0 Å². The van der Waals surface area contributed by atoms with Gasteiger partial charge in [0, 0.05) is 11.8 Å². The largest absolute Gasteiger partial charge is 0.362 e. The van der Waals surface area contributed by atoms with Gasteiger partial charge in [-0.3, -0.25) is 4.99 Å². The van der Waals surface area contributed by atoms with Crippen molar-refractivity contribution in [3.8, 4) is 0 Å². The standard InChI is InChI=1S/C12H22N2S/c1-4-9-8-15-11(13-9)14-10-5-6-12(2,3)7-10/h9-10H,4-8H2,1-3H3,(H,13,14). The molecule has 0 aromatic carbocycles. The number of nitrogens with one attached hydrogen (secondary N) is 1. The number of thioether (sulfide) groups is 1. The zero-order chi connectivity index (χ0) is 10.9. The van der Waals surface area contributed by atoms with Crippen LogP contribution < -0.4 is 5.32 Å². The molecule has 2 atom stereocenters. The highest BCUT2D eigenvalue weighted by Crippen LogP contribution is 2.37. The molecule has 0 amide bonds. The summed E-state index contributed by atoms with van der Waals surface area (Å²) < 4.78 is 0. The number of hydrogen-bond acceptors (Lipinski definition) is 3. The van der Waals surface area contributed by atoms with Crippen LogP contribution in [0.15, 0.2) is 4.99 Å². The summed E-state index contributed by atoms with van der Waals surface area (Å²) >= 11 is 1.90. The van der Waals surface area contributed by atoms with Gasteiger partial charge in [0.25, 0.3) is 0 Å². The predicted octanol–water partition coefficient (Wildman–Crippen LogP) is 3.04. The average Bonchev–Trinajstić information content (AvgIpc) is 2.73. The molecule has 1 N–H and O–H groups in total. The van der Waals surface area contributed by atoms with E-state index in [1.165, 1.54) is 36.6 Å². The lowest BCUT2D eigenvalue weighted by molar-refractivity contribution is 0.372. The molecule has 0 bridgehead atoms. The van der Waals surface area contributed by atoms with Crippen LogP contribution in [0.4, 0.5) is 0 Å². The highest BCUT2D eigenvalue weighted by Gasteiger charge is 2.32. The first kappa shape index (κ1) is 11.3. The molecule has 15 heavy (non-hydrogen) atoms. The highest BCUT2D eigenvalue weighted by molar-refractivity contribution is 8.14. The molecule has 2 unspecified atom stereocenters. The fourth-order valence-electron chi connectivity index (χ4n) is 2.44. The van der Waals surface area contributed by atoms with Gasteiger partial charge in [-0.1, -0.05) is 32.5 Å². The van der Waals surface area contributed by atoms with Gasteiger partial charge in [0.2, 0.25) is 0 Å². The molecule has 0 aromatic rings. The molecule has 2 aliphatic rings. The van der Waals surface area contributed by atoms with E-state index in [4.69, 9.17) is 0 Å². The van der Waals surface area contributed by atoms with Crippen molar-refractivity contribution in [1.29, 1.82) is 0 Å². The Bertz CT molecular complexity index is 260. The minimum atomic E-state index is 0.533. The van der Waals surface area contributed by atoms with Gasteiger partial charge in [0.1, 0.15) is 0 Å². The lowest BCUT2D eigenvalue weighted by Gasteiger charge is -2.18. The Labute approximate surface area is 97.3 Å². The highest BCUT2D eigenvalue weighted by atomic mass is 32.2. The third-order valence-electron chi connectivity index (χ3n) is 3.48. The van der Waals surface area contributed by atoms with E-state index in [0.29, 0.717) is 17.5 Å². The molecule has 86 valence electrons. The molecule has 2 nitrogen and oxygen atoms in total. The summed E-state index contributed by atoms with van der Waals surface area (Å²) in [5, 5.41) is 4.81. The summed E-state index contributed by atoms with van der Waals surface area (Å²) in [6, 6.07) is 1.23. The lowest BCUT2D eigenvalue weighted by Crippen LogP contribution is -2.30. The third-order valence-corrected chi connectivity index (χ3v) is 4.53. The first-order valence-corrected chi connectivity index (χ1v) is 7.05. The summed E-state index contributed by atoms with van der Waals surface area (Å²) in [7, 11) is 0. The first-order chi connectivity index (χ1) is 7.09. The molecule has 0 spiro atoms. The molecule has 0 aromatic heterocycles. The second kappa shape index (κ2) is 4.36. The Morgan fingerprint density at radius 2 is 2.33 bits per heavy atom. The van der Waals surface area contributed by atoms with E-state index >= 15 is 0 Å². The van der Waals surface area contributed by atoms with Crippen LogP contribution in [0, 0.1) is 5.41 Å². The maximum Gasteiger partial charge on any atom is 0.157 e. The molecular formula is C12H22N2S. The summed E-state index contributed by atoms with van der Waals surface area (Å²) in [5.74, 6) is 1.18. The second-order valence-electron chi connectivity index (χ2n) is 5.56. The van der Waals surface area contributed by atoms with Gasteiger partial charge in [0.05, 0.1) is 6.04 Å². The Hall–Kier alpha value is -0.180. The molecule has 3 heteroatoms. The predicted molar refractivity (Wildman–Crippen MR) is 68.5 cm³/mol. The minimum Gasteiger partial charge on any atom is -0.362 e. The van der Waals surface area contributed by atoms with Crippen molar-refractivity contribution in [3.63, 3.8) is 0 Å². The van der Waals surface area contributed by atoms with Crippen LogP contribution in [0.25, 0.3) is 0 Å². The van der Waals surface area contributed by atoms with Crippen molar-refractivity contribution in [3.05, 3.63) is 0 Å². The summed E-state index contributed by atoms with van der Waals surface area (Å²) in [6.45, 7) is 6.95. The van der Waals surface area contributed by atoms with E-state index in [9.17, 15) is 0 Å². The SMILES string of the molecule is CCC1CSC(NC2CCC(C)(C)C2)=N1. The Morgan fingerprint density at radius 3 is 2.87 bits per heavy atom. The van der Waals surface area contributed by atoms with Gasteiger partial charge in [-0.2, -0.15) is 0 Å². The molecule has 2 rings (SSSR count). The molecule has 0 radical (unpaired) electrons. The van der Waals surface area contributed by atoms with Crippen molar-refractivity contribution in [2.75, 3.05) is 5.75 Å². The van der Waals surface area contributed by atoms with Crippen LogP contribution in [-0.2, 0) is 0 Å². The maximum absolute atomic E-state index is 4.69. The quantitative estimate of drug-likeness (QED) is 0.782. The van der Waals surface area contributed by atoms with Gasteiger partial charge < -0.3 is 5.32 Å². The normalized spacial score (nSPS) is 34.2. The number of nitrogens with zero attached hydrogens (tertiary/aromatic N) is 1. The van der Waals surface area contributed by atoms with E-state index in [0.717, 1.165) is 0 Å². The van der Waals surface area contributed by atoms with Crippen LogP contribution in [0.1, 0.15) is 46.5 Å². The van der Waals surface area contributed by atoms with Crippen molar-refractivity contribution in [2.24, 2.45) is 10.4 Å². The number of hydrogen-bond donors (Lipinski definition) is 1. The van der Waals surface area contributed by atoms with Crippen molar-refractivity contribution in [1.82, 2.24) is 5.32 Å². The zero-order valence-electron chi connectivity index (χ0n) is 10.0. The van der Waals surface area contributed by atoms with Gasteiger partial charge >= 0.3 is 0 Å². The number of rotatable bonds is 2. The molecule has 1 saturated carbocycles. The van der Waals surface area contributed by atoms with Crippen LogP contribution in [0.5, 0.6) is 0 Å². The molecule has 1 fully saturated rings. The Balaban J connectivity index is 1.84. The van der Waals surface area contributed by atoms with Gasteiger partial charge in [-0.15, -0.1) is 0 Å². The monoisotopic (exact) mass is 226 g/mol. The van der Waals surface area contributed by atoms with Crippen molar-refractivity contribution < 1.29 is 0 Å². The topological polar surface area (TPSA) is 24.4 Å². The Kier molecular flexibility index (Phi) is 3.29. The zero-order valence-corrected chi connectivity index (χ0v) is 10.9.